The predicted molar refractivity (Wildman–Crippen MR) is 77.4 cm³/mol. The van der Waals surface area contributed by atoms with Gasteiger partial charge in [0.05, 0.1) is 0 Å². The topological polar surface area (TPSA) is 29.3 Å². The second kappa shape index (κ2) is 7.01. The molecule has 1 aliphatic heterocycles. The van der Waals surface area contributed by atoms with Crippen LogP contribution in [-0.2, 0) is 0 Å². The predicted octanol–water partition coefficient (Wildman–Crippen LogP) is 3.34. The molecule has 1 fully saturated rings. The lowest BCUT2D eigenvalue weighted by atomic mass is 9.91. The Morgan fingerprint density at radius 3 is 3.00 bits per heavy atom. The van der Waals surface area contributed by atoms with E-state index in [1.165, 1.54) is 18.9 Å². The van der Waals surface area contributed by atoms with E-state index < -0.39 is 0 Å². The summed E-state index contributed by atoms with van der Waals surface area (Å²) < 4.78 is 13.4. The van der Waals surface area contributed by atoms with Gasteiger partial charge in [0.1, 0.15) is 5.82 Å². The number of rotatable bonds is 5. The van der Waals surface area contributed by atoms with E-state index >= 15 is 0 Å². The Kier molecular flexibility index (Phi) is 5.34. The van der Waals surface area contributed by atoms with E-state index in [1.807, 2.05) is 12.1 Å². The van der Waals surface area contributed by atoms with Crippen molar-refractivity contribution >= 4 is 0 Å². The second-order valence-electron chi connectivity index (χ2n) is 5.56. The molecule has 1 aromatic carbocycles. The molecule has 3 heteroatoms. The van der Waals surface area contributed by atoms with E-state index in [2.05, 4.69) is 11.8 Å². The zero-order chi connectivity index (χ0) is 13.7. The molecule has 2 unspecified atom stereocenters. The molecule has 2 N–H and O–H groups in total. The minimum absolute atomic E-state index is 0.133. The van der Waals surface area contributed by atoms with Crippen LogP contribution in [0, 0.1) is 11.7 Å². The number of benzene rings is 1. The lowest BCUT2D eigenvalue weighted by molar-refractivity contribution is 0.116. The van der Waals surface area contributed by atoms with Crippen LogP contribution in [0.15, 0.2) is 24.3 Å². The summed E-state index contributed by atoms with van der Waals surface area (Å²) in [6, 6.07) is 7.40. The number of hydrogen-bond acceptors (Lipinski definition) is 2. The molecular formula is C16H25FN2. The summed E-state index contributed by atoms with van der Waals surface area (Å²) in [5.41, 5.74) is 6.78. The zero-order valence-corrected chi connectivity index (χ0v) is 11.8. The van der Waals surface area contributed by atoms with Gasteiger partial charge in [-0.2, -0.15) is 0 Å². The normalized spacial score (nSPS) is 22.4. The quantitative estimate of drug-likeness (QED) is 0.884. The first kappa shape index (κ1) is 14.5. The van der Waals surface area contributed by atoms with Crippen molar-refractivity contribution in [2.24, 2.45) is 11.7 Å². The Bertz CT molecular complexity index is 392. The van der Waals surface area contributed by atoms with E-state index in [0.717, 1.165) is 38.0 Å². The summed E-state index contributed by atoms with van der Waals surface area (Å²) in [6.07, 6.45) is 4.65. The van der Waals surface area contributed by atoms with Crippen LogP contribution in [0.4, 0.5) is 4.39 Å². The van der Waals surface area contributed by atoms with Crippen LogP contribution in [0.1, 0.15) is 44.2 Å². The van der Waals surface area contributed by atoms with Crippen LogP contribution >= 0.6 is 0 Å². The molecule has 0 aromatic heterocycles. The van der Waals surface area contributed by atoms with E-state index in [9.17, 15) is 4.39 Å². The highest BCUT2D eigenvalue weighted by atomic mass is 19.1. The fourth-order valence-corrected chi connectivity index (χ4v) is 3.27. The number of halogens is 1. The number of piperidine rings is 1. The van der Waals surface area contributed by atoms with Gasteiger partial charge in [-0.25, -0.2) is 4.39 Å². The van der Waals surface area contributed by atoms with E-state index in [1.54, 1.807) is 6.07 Å². The molecule has 19 heavy (non-hydrogen) atoms. The van der Waals surface area contributed by atoms with Crippen LogP contribution in [0.3, 0.4) is 0 Å². The molecule has 106 valence electrons. The van der Waals surface area contributed by atoms with Crippen LogP contribution in [0.5, 0.6) is 0 Å². The number of nitrogens with two attached hydrogens (primary N) is 1. The van der Waals surface area contributed by atoms with Gasteiger partial charge in [0, 0.05) is 12.6 Å². The third-order valence-corrected chi connectivity index (χ3v) is 4.19. The third kappa shape index (κ3) is 3.77. The molecule has 0 saturated carbocycles. The maximum absolute atomic E-state index is 13.4. The molecule has 0 amide bonds. The average molecular weight is 264 g/mol. The molecule has 2 rings (SSSR count). The van der Waals surface area contributed by atoms with Crippen LogP contribution in [0.25, 0.3) is 0 Å². The summed E-state index contributed by atoms with van der Waals surface area (Å²) in [5, 5.41) is 0. The third-order valence-electron chi connectivity index (χ3n) is 4.19. The van der Waals surface area contributed by atoms with E-state index in [0.29, 0.717) is 12.0 Å². The van der Waals surface area contributed by atoms with Gasteiger partial charge < -0.3 is 5.73 Å². The Labute approximate surface area is 115 Å². The van der Waals surface area contributed by atoms with Gasteiger partial charge in [-0.3, -0.25) is 4.90 Å². The Morgan fingerprint density at radius 2 is 2.32 bits per heavy atom. The highest BCUT2D eigenvalue weighted by Crippen LogP contribution is 2.30. The van der Waals surface area contributed by atoms with Crippen molar-refractivity contribution in [3.63, 3.8) is 0 Å². The van der Waals surface area contributed by atoms with Crippen molar-refractivity contribution in [1.82, 2.24) is 4.90 Å². The fraction of sp³-hybridized carbons (Fsp3) is 0.625. The number of likely N-dealkylation sites (tertiary alicyclic amines) is 1. The standard InChI is InChI=1S/C16H25FN2/c1-2-16(14-6-3-7-15(17)11-14)19-10-4-5-13(12-19)8-9-18/h3,6-7,11,13,16H,2,4-5,8-10,12,18H2,1H3. The molecule has 0 aliphatic carbocycles. The maximum Gasteiger partial charge on any atom is 0.123 e. The van der Waals surface area contributed by atoms with Gasteiger partial charge in [-0.05, 0) is 62.4 Å². The monoisotopic (exact) mass is 264 g/mol. The highest BCUT2D eigenvalue weighted by Gasteiger charge is 2.25. The van der Waals surface area contributed by atoms with Crippen molar-refractivity contribution in [1.29, 1.82) is 0 Å². The van der Waals surface area contributed by atoms with Gasteiger partial charge in [-0.15, -0.1) is 0 Å². The van der Waals surface area contributed by atoms with Gasteiger partial charge in [0.2, 0.25) is 0 Å². The molecule has 0 bridgehead atoms. The first-order valence-corrected chi connectivity index (χ1v) is 7.44. The summed E-state index contributed by atoms with van der Waals surface area (Å²) in [6.45, 7) is 5.18. The van der Waals surface area contributed by atoms with Crippen LogP contribution in [0.2, 0.25) is 0 Å². The van der Waals surface area contributed by atoms with Crippen molar-refractivity contribution < 1.29 is 4.39 Å². The van der Waals surface area contributed by atoms with Crippen molar-refractivity contribution in [3.8, 4) is 0 Å². The van der Waals surface area contributed by atoms with Crippen molar-refractivity contribution in [2.45, 2.75) is 38.6 Å². The molecule has 0 spiro atoms. The summed E-state index contributed by atoms with van der Waals surface area (Å²) >= 11 is 0. The SMILES string of the molecule is CCC(c1cccc(F)c1)N1CCCC(CCN)C1. The summed E-state index contributed by atoms with van der Waals surface area (Å²) in [7, 11) is 0. The van der Waals surface area contributed by atoms with Gasteiger partial charge in [-0.1, -0.05) is 19.1 Å². The highest BCUT2D eigenvalue weighted by molar-refractivity contribution is 5.20. The lowest BCUT2D eigenvalue weighted by Crippen LogP contribution is -2.38. The molecule has 2 nitrogen and oxygen atoms in total. The van der Waals surface area contributed by atoms with Crippen LogP contribution < -0.4 is 5.73 Å². The smallest absolute Gasteiger partial charge is 0.123 e. The molecule has 1 heterocycles. The summed E-state index contributed by atoms with van der Waals surface area (Å²) in [4.78, 5) is 2.51. The Balaban J connectivity index is 2.08. The van der Waals surface area contributed by atoms with E-state index in [-0.39, 0.29) is 5.82 Å². The fourth-order valence-electron chi connectivity index (χ4n) is 3.27. The number of nitrogens with zero attached hydrogens (tertiary/aromatic N) is 1. The van der Waals surface area contributed by atoms with Gasteiger partial charge >= 0.3 is 0 Å². The maximum atomic E-state index is 13.4. The molecule has 1 aliphatic rings. The Morgan fingerprint density at radius 1 is 1.47 bits per heavy atom. The minimum Gasteiger partial charge on any atom is -0.330 e. The molecule has 0 radical (unpaired) electrons. The molecule has 1 aromatic rings. The molecule has 1 saturated heterocycles. The zero-order valence-electron chi connectivity index (χ0n) is 11.8. The largest absolute Gasteiger partial charge is 0.330 e. The van der Waals surface area contributed by atoms with Crippen molar-refractivity contribution in [3.05, 3.63) is 35.6 Å². The minimum atomic E-state index is -0.133. The molecule has 2 atom stereocenters. The van der Waals surface area contributed by atoms with Gasteiger partial charge in [0.25, 0.3) is 0 Å². The lowest BCUT2D eigenvalue weighted by Gasteiger charge is -2.38. The first-order chi connectivity index (χ1) is 9.24. The first-order valence-electron chi connectivity index (χ1n) is 7.44. The number of hydrogen-bond donors (Lipinski definition) is 1. The van der Waals surface area contributed by atoms with Gasteiger partial charge in [0.15, 0.2) is 0 Å². The average Bonchev–Trinajstić information content (AvgIpc) is 2.41. The van der Waals surface area contributed by atoms with E-state index in [4.69, 9.17) is 5.73 Å². The Hall–Kier alpha value is -0.930. The summed E-state index contributed by atoms with van der Waals surface area (Å²) in [5.74, 6) is 0.577. The van der Waals surface area contributed by atoms with Crippen LogP contribution in [-0.4, -0.2) is 24.5 Å². The van der Waals surface area contributed by atoms with Crippen molar-refractivity contribution in [2.75, 3.05) is 19.6 Å². The second-order valence-corrected chi connectivity index (χ2v) is 5.56. The molecular weight excluding hydrogens is 239 g/mol.